The lowest BCUT2D eigenvalue weighted by atomic mass is 9.87. The Kier molecular flexibility index (Phi) is 3.93. The Labute approximate surface area is 114 Å². The van der Waals surface area contributed by atoms with Crippen LogP contribution in [0.15, 0.2) is 24.3 Å². The molecule has 1 saturated heterocycles. The SMILES string of the molecule is CC(C)(C)C(=O)N1CCC(c2ccccc2F)CC1. The summed E-state index contributed by atoms with van der Waals surface area (Å²) >= 11 is 0. The third-order valence-electron chi connectivity index (χ3n) is 3.77. The Morgan fingerprint density at radius 2 is 1.79 bits per heavy atom. The van der Waals surface area contributed by atoms with Gasteiger partial charge in [-0.1, -0.05) is 39.0 Å². The summed E-state index contributed by atoms with van der Waals surface area (Å²) in [4.78, 5) is 14.1. The average Bonchev–Trinajstić information content (AvgIpc) is 2.38. The van der Waals surface area contributed by atoms with Crippen molar-refractivity contribution in [2.75, 3.05) is 13.1 Å². The largest absolute Gasteiger partial charge is 0.342 e. The van der Waals surface area contributed by atoms with E-state index in [0.29, 0.717) is 0 Å². The summed E-state index contributed by atoms with van der Waals surface area (Å²) in [5, 5.41) is 0. The summed E-state index contributed by atoms with van der Waals surface area (Å²) in [6, 6.07) is 6.98. The Morgan fingerprint density at radius 3 is 2.32 bits per heavy atom. The van der Waals surface area contributed by atoms with Crippen LogP contribution in [0.3, 0.4) is 0 Å². The third kappa shape index (κ3) is 3.14. The highest BCUT2D eigenvalue weighted by molar-refractivity contribution is 5.81. The maximum atomic E-state index is 13.7. The minimum absolute atomic E-state index is 0.122. The molecule has 3 heteroatoms. The van der Waals surface area contributed by atoms with Gasteiger partial charge in [-0.3, -0.25) is 4.79 Å². The fourth-order valence-corrected chi connectivity index (χ4v) is 2.67. The molecule has 19 heavy (non-hydrogen) atoms. The lowest BCUT2D eigenvalue weighted by Crippen LogP contribution is -2.43. The van der Waals surface area contributed by atoms with Gasteiger partial charge in [-0.15, -0.1) is 0 Å². The van der Waals surface area contributed by atoms with Gasteiger partial charge < -0.3 is 4.90 Å². The second-order valence-corrected chi connectivity index (χ2v) is 6.34. The number of hydrogen-bond donors (Lipinski definition) is 0. The van der Waals surface area contributed by atoms with Gasteiger partial charge in [-0.25, -0.2) is 4.39 Å². The maximum absolute atomic E-state index is 13.7. The monoisotopic (exact) mass is 263 g/mol. The molecule has 1 fully saturated rings. The van der Waals surface area contributed by atoms with Crippen LogP contribution in [0.2, 0.25) is 0 Å². The standard InChI is InChI=1S/C16H22FNO/c1-16(2,3)15(19)18-10-8-12(9-11-18)13-6-4-5-7-14(13)17/h4-7,12H,8-11H2,1-3H3. The van der Waals surface area contributed by atoms with Crippen LogP contribution in [0.1, 0.15) is 45.1 Å². The van der Waals surface area contributed by atoms with E-state index in [4.69, 9.17) is 0 Å². The Balaban J connectivity index is 2.00. The molecule has 1 aromatic rings. The van der Waals surface area contributed by atoms with Gasteiger partial charge in [0, 0.05) is 18.5 Å². The molecule has 0 aromatic heterocycles. The number of benzene rings is 1. The molecular formula is C16H22FNO. The Hall–Kier alpha value is -1.38. The minimum Gasteiger partial charge on any atom is -0.342 e. The van der Waals surface area contributed by atoms with E-state index in [0.717, 1.165) is 31.5 Å². The summed E-state index contributed by atoms with van der Waals surface area (Å²) in [5.74, 6) is 0.313. The lowest BCUT2D eigenvalue weighted by Gasteiger charge is -2.36. The highest BCUT2D eigenvalue weighted by atomic mass is 19.1. The zero-order chi connectivity index (χ0) is 14.0. The predicted molar refractivity (Wildman–Crippen MR) is 74.4 cm³/mol. The van der Waals surface area contributed by atoms with E-state index in [2.05, 4.69) is 0 Å². The fraction of sp³-hybridized carbons (Fsp3) is 0.562. The van der Waals surface area contributed by atoms with E-state index >= 15 is 0 Å². The number of carbonyl (C=O) groups is 1. The summed E-state index contributed by atoms with van der Waals surface area (Å²) in [5.41, 5.74) is 0.468. The zero-order valence-electron chi connectivity index (χ0n) is 11.9. The quantitative estimate of drug-likeness (QED) is 0.758. The van der Waals surface area contributed by atoms with Crippen LogP contribution in [0.5, 0.6) is 0 Å². The number of nitrogens with zero attached hydrogens (tertiary/aromatic N) is 1. The second kappa shape index (κ2) is 5.32. The van der Waals surface area contributed by atoms with Crippen LogP contribution in [-0.4, -0.2) is 23.9 Å². The third-order valence-corrected chi connectivity index (χ3v) is 3.77. The minimum atomic E-state index is -0.329. The molecule has 0 spiro atoms. The van der Waals surface area contributed by atoms with Gasteiger partial charge in [0.1, 0.15) is 5.82 Å². The van der Waals surface area contributed by atoms with E-state index in [1.165, 1.54) is 6.07 Å². The predicted octanol–water partition coefficient (Wildman–Crippen LogP) is 3.58. The number of halogens is 1. The van der Waals surface area contributed by atoms with Crippen LogP contribution >= 0.6 is 0 Å². The summed E-state index contributed by atoms with van der Waals surface area (Å²) in [6.45, 7) is 7.29. The zero-order valence-corrected chi connectivity index (χ0v) is 11.9. The molecule has 104 valence electrons. The van der Waals surface area contributed by atoms with E-state index in [9.17, 15) is 9.18 Å². The molecule has 0 radical (unpaired) electrons. The van der Waals surface area contributed by atoms with Gasteiger partial charge in [-0.05, 0) is 30.4 Å². The van der Waals surface area contributed by atoms with Crippen molar-refractivity contribution in [3.8, 4) is 0 Å². The van der Waals surface area contributed by atoms with Gasteiger partial charge in [0.2, 0.25) is 5.91 Å². The van der Waals surface area contributed by atoms with Gasteiger partial charge >= 0.3 is 0 Å². The van der Waals surface area contributed by atoms with Crippen molar-refractivity contribution in [1.29, 1.82) is 0 Å². The second-order valence-electron chi connectivity index (χ2n) is 6.34. The normalized spacial score (nSPS) is 17.6. The smallest absolute Gasteiger partial charge is 0.227 e. The molecule has 0 saturated carbocycles. The first-order valence-corrected chi connectivity index (χ1v) is 6.93. The van der Waals surface area contributed by atoms with Crippen LogP contribution in [-0.2, 0) is 4.79 Å². The van der Waals surface area contributed by atoms with Crippen molar-refractivity contribution in [2.45, 2.75) is 39.5 Å². The fourth-order valence-electron chi connectivity index (χ4n) is 2.67. The highest BCUT2D eigenvalue weighted by Gasteiger charge is 2.31. The van der Waals surface area contributed by atoms with Gasteiger partial charge in [0.15, 0.2) is 0 Å². The van der Waals surface area contributed by atoms with Crippen molar-refractivity contribution in [1.82, 2.24) is 4.90 Å². The Bertz CT molecular complexity index is 456. The highest BCUT2D eigenvalue weighted by Crippen LogP contribution is 2.31. The lowest BCUT2D eigenvalue weighted by molar-refractivity contribution is -0.140. The van der Waals surface area contributed by atoms with Crippen molar-refractivity contribution < 1.29 is 9.18 Å². The summed E-state index contributed by atoms with van der Waals surface area (Å²) < 4.78 is 13.7. The molecule has 1 aliphatic heterocycles. The topological polar surface area (TPSA) is 20.3 Å². The van der Waals surface area contributed by atoms with Crippen LogP contribution < -0.4 is 0 Å². The molecule has 0 bridgehead atoms. The van der Waals surface area contributed by atoms with Crippen LogP contribution in [0, 0.1) is 11.2 Å². The molecule has 2 rings (SSSR count). The average molecular weight is 263 g/mol. The van der Waals surface area contributed by atoms with E-state index < -0.39 is 0 Å². The van der Waals surface area contributed by atoms with Crippen LogP contribution in [0.4, 0.5) is 4.39 Å². The van der Waals surface area contributed by atoms with Crippen LogP contribution in [0.25, 0.3) is 0 Å². The molecule has 1 aromatic carbocycles. The number of hydrogen-bond acceptors (Lipinski definition) is 1. The van der Waals surface area contributed by atoms with Crippen molar-refractivity contribution >= 4 is 5.91 Å². The molecule has 1 amide bonds. The van der Waals surface area contributed by atoms with Gasteiger partial charge in [0.25, 0.3) is 0 Å². The van der Waals surface area contributed by atoms with E-state index in [-0.39, 0.29) is 23.1 Å². The number of rotatable bonds is 1. The number of piperidine rings is 1. The number of amides is 1. The molecule has 2 nitrogen and oxygen atoms in total. The first kappa shape index (κ1) is 14.0. The molecule has 0 aliphatic carbocycles. The maximum Gasteiger partial charge on any atom is 0.227 e. The molecule has 0 atom stereocenters. The Morgan fingerprint density at radius 1 is 1.21 bits per heavy atom. The van der Waals surface area contributed by atoms with Gasteiger partial charge in [0.05, 0.1) is 0 Å². The molecule has 1 aliphatic rings. The number of carbonyl (C=O) groups excluding carboxylic acids is 1. The first-order chi connectivity index (χ1) is 8.89. The molecule has 0 unspecified atom stereocenters. The van der Waals surface area contributed by atoms with Crippen molar-refractivity contribution in [2.24, 2.45) is 5.41 Å². The van der Waals surface area contributed by atoms with E-state index in [1.807, 2.05) is 37.8 Å². The number of likely N-dealkylation sites (tertiary alicyclic amines) is 1. The van der Waals surface area contributed by atoms with Crippen molar-refractivity contribution in [3.05, 3.63) is 35.6 Å². The van der Waals surface area contributed by atoms with Crippen molar-refractivity contribution in [3.63, 3.8) is 0 Å². The van der Waals surface area contributed by atoms with Gasteiger partial charge in [-0.2, -0.15) is 0 Å². The summed E-state index contributed by atoms with van der Waals surface area (Å²) in [7, 11) is 0. The molecular weight excluding hydrogens is 241 g/mol. The first-order valence-electron chi connectivity index (χ1n) is 6.93. The van der Waals surface area contributed by atoms with E-state index in [1.54, 1.807) is 6.07 Å². The molecule has 1 heterocycles. The summed E-state index contributed by atoms with van der Waals surface area (Å²) in [6.07, 6.45) is 1.70. The molecule has 0 N–H and O–H groups in total.